The maximum absolute atomic E-state index is 5.53. The summed E-state index contributed by atoms with van der Waals surface area (Å²) in [6.07, 6.45) is 8.89. The van der Waals surface area contributed by atoms with Gasteiger partial charge in [-0.1, -0.05) is 42.3 Å². The third kappa shape index (κ3) is 6.82. The Hall–Kier alpha value is -3.77. The van der Waals surface area contributed by atoms with Crippen molar-refractivity contribution in [1.82, 2.24) is 25.4 Å². The zero-order valence-corrected chi connectivity index (χ0v) is 23.6. The van der Waals surface area contributed by atoms with Crippen LogP contribution in [0.3, 0.4) is 0 Å². The predicted octanol–water partition coefficient (Wildman–Crippen LogP) is 7.25. The van der Waals surface area contributed by atoms with Gasteiger partial charge in [0, 0.05) is 41.0 Å². The van der Waals surface area contributed by atoms with E-state index in [2.05, 4.69) is 95.6 Å². The van der Waals surface area contributed by atoms with E-state index in [1.165, 1.54) is 38.9 Å². The number of nitrogens with zero attached hydrogens (tertiary/aromatic N) is 3. The smallest absolute Gasteiger partial charge is 0.227 e. The summed E-state index contributed by atoms with van der Waals surface area (Å²) < 4.78 is 5.53. The molecule has 0 radical (unpaired) electrons. The van der Waals surface area contributed by atoms with E-state index in [0.29, 0.717) is 17.6 Å². The van der Waals surface area contributed by atoms with Crippen molar-refractivity contribution in [2.24, 2.45) is 5.92 Å². The Balaban J connectivity index is 1.35. The lowest BCUT2D eigenvalue weighted by Crippen LogP contribution is -2.18. The number of aryl methyl sites for hydroxylation is 3. The van der Waals surface area contributed by atoms with Crippen LogP contribution >= 0.6 is 0 Å². The van der Waals surface area contributed by atoms with Gasteiger partial charge in [-0.3, -0.25) is 4.98 Å². The van der Waals surface area contributed by atoms with E-state index in [0.717, 1.165) is 56.3 Å². The standard InChI is InChI=1S/C33H39N5O/c1-22(2)16-31-37-33(38-39-31)26-10-11-30-29(20-26)28(32(36-30)27-18-23(3)17-24(4)19-27)12-15-34-13-6-5-8-25-9-7-14-35-21-25/h7,9-11,14,17-22,34,36H,5-6,8,12-13,15-16H2,1-4H3. The molecule has 0 aliphatic rings. The Morgan fingerprint density at radius 2 is 1.77 bits per heavy atom. The summed E-state index contributed by atoms with van der Waals surface area (Å²) in [7, 11) is 0. The molecule has 0 saturated heterocycles. The molecule has 0 unspecified atom stereocenters. The van der Waals surface area contributed by atoms with Gasteiger partial charge >= 0.3 is 0 Å². The lowest BCUT2D eigenvalue weighted by atomic mass is 9.98. The first-order valence-electron chi connectivity index (χ1n) is 14.1. The normalized spacial score (nSPS) is 11.6. The van der Waals surface area contributed by atoms with Crippen molar-refractivity contribution in [1.29, 1.82) is 0 Å². The second-order valence-electron chi connectivity index (χ2n) is 11.0. The minimum atomic E-state index is 0.472. The van der Waals surface area contributed by atoms with Gasteiger partial charge < -0.3 is 14.8 Å². The SMILES string of the molecule is Cc1cc(C)cc(-c2[nH]c3ccc(-c4noc(CC(C)C)n4)cc3c2CCNCCCCc2cccnc2)c1. The minimum Gasteiger partial charge on any atom is -0.354 e. The average Bonchev–Trinajstić information content (AvgIpc) is 3.52. The fourth-order valence-corrected chi connectivity index (χ4v) is 5.28. The number of hydrogen-bond donors (Lipinski definition) is 2. The molecule has 0 saturated carbocycles. The van der Waals surface area contributed by atoms with Gasteiger partial charge in [0.1, 0.15) is 0 Å². The molecular formula is C33H39N5O. The Labute approximate surface area is 231 Å². The van der Waals surface area contributed by atoms with Crippen molar-refractivity contribution >= 4 is 10.9 Å². The third-order valence-electron chi connectivity index (χ3n) is 7.07. The van der Waals surface area contributed by atoms with Crippen molar-refractivity contribution in [3.05, 3.63) is 89.1 Å². The van der Waals surface area contributed by atoms with Gasteiger partial charge in [-0.05, 0) is 112 Å². The summed E-state index contributed by atoms with van der Waals surface area (Å²) in [6, 6.07) is 17.4. The van der Waals surface area contributed by atoms with Crippen LogP contribution < -0.4 is 5.32 Å². The lowest BCUT2D eigenvalue weighted by Gasteiger charge is -2.09. The van der Waals surface area contributed by atoms with E-state index in [1.54, 1.807) is 0 Å². The highest BCUT2D eigenvalue weighted by molar-refractivity contribution is 5.93. The molecule has 0 fully saturated rings. The van der Waals surface area contributed by atoms with E-state index in [9.17, 15) is 0 Å². The number of pyridine rings is 1. The van der Waals surface area contributed by atoms with Crippen LogP contribution in [0.15, 0.2) is 65.4 Å². The van der Waals surface area contributed by atoms with E-state index < -0.39 is 0 Å². The number of aromatic nitrogens is 4. The van der Waals surface area contributed by atoms with E-state index in [1.807, 2.05) is 18.5 Å². The highest BCUT2D eigenvalue weighted by Gasteiger charge is 2.17. The third-order valence-corrected chi connectivity index (χ3v) is 7.07. The lowest BCUT2D eigenvalue weighted by molar-refractivity contribution is 0.363. The average molecular weight is 522 g/mol. The minimum absolute atomic E-state index is 0.472. The molecule has 5 aromatic rings. The molecule has 0 spiro atoms. The summed E-state index contributed by atoms with van der Waals surface area (Å²) in [5.41, 5.74) is 9.71. The fourth-order valence-electron chi connectivity index (χ4n) is 5.28. The maximum atomic E-state index is 5.53. The molecule has 2 aromatic carbocycles. The Morgan fingerprint density at radius 3 is 2.54 bits per heavy atom. The first kappa shape index (κ1) is 26.8. The van der Waals surface area contributed by atoms with Crippen molar-refractivity contribution in [2.75, 3.05) is 13.1 Å². The molecule has 5 rings (SSSR count). The van der Waals surface area contributed by atoms with Crippen LogP contribution in [0.1, 0.15) is 54.8 Å². The second kappa shape index (κ2) is 12.4. The molecule has 39 heavy (non-hydrogen) atoms. The molecular weight excluding hydrogens is 482 g/mol. The molecule has 3 aromatic heterocycles. The summed E-state index contributed by atoms with van der Waals surface area (Å²) in [6.45, 7) is 10.6. The van der Waals surface area contributed by atoms with E-state index >= 15 is 0 Å². The van der Waals surface area contributed by atoms with Gasteiger partial charge in [0.2, 0.25) is 11.7 Å². The monoisotopic (exact) mass is 521 g/mol. The quantitative estimate of drug-likeness (QED) is 0.169. The van der Waals surface area contributed by atoms with Gasteiger partial charge in [0.05, 0.1) is 0 Å². The van der Waals surface area contributed by atoms with Crippen LogP contribution in [0.4, 0.5) is 0 Å². The molecule has 3 heterocycles. The van der Waals surface area contributed by atoms with Crippen molar-refractivity contribution in [3.63, 3.8) is 0 Å². The second-order valence-corrected chi connectivity index (χ2v) is 11.0. The largest absolute Gasteiger partial charge is 0.354 e. The van der Waals surface area contributed by atoms with Crippen LogP contribution in [-0.2, 0) is 19.3 Å². The maximum Gasteiger partial charge on any atom is 0.227 e. The number of unbranched alkanes of at least 4 members (excludes halogenated alkanes) is 1. The van der Waals surface area contributed by atoms with Crippen LogP contribution in [-0.4, -0.2) is 33.2 Å². The van der Waals surface area contributed by atoms with Gasteiger partial charge in [0.15, 0.2) is 0 Å². The Bertz CT molecular complexity index is 1500. The van der Waals surface area contributed by atoms with Crippen molar-refractivity contribution < 1.29 is 4.52 Å². The Morgan fingerprint density at radius 1 is 0.923 bits per heavy atom. The molecule has 0 aliphatic heterocycles. The highest BCUT2D eigenvalue weighted by Crippen LogP contribution is 2.34. The van der Waals surface area contributed by atoms with Crippen molar-refractivity contribution in [2.45, 2.75) is 59.8 Å². The van der Waals surface area contributed by atoms with Gasteiger partial charge in [-0.15, -0.1) is 0 Å². The van der Waals surface area contributed by atoms with Crippen molar-refractivity contribution in [3.8, 4) is 22.6 Å². The van der Waals surface area contributed by atoms with Gasteiger partial charge in [0.25, 0.3) is 0 Å². The van der Waals surface area contributed by atoms with Crippen LogP contribution in [0.25, 0.3) is 33.5 Å². The van der Waals surface area contributed by atoms with Crippen LogP contribution in [0.2, 0.25) is 0 Å². The molecule has 2 N–H and O–H groups in total. The number of aromatic amines is 1. The molecule has 0 aliphatic carbocycles. The van der Waals surface area contributed by atoms with Crippen LogP contribution in [0.5, 0.6) is 0 Å². The number of H-pyrrole nitrogens is 1. The zero-order chi connectivity index (χ0) is 27.2. The number of rotatable bonds is 12. The Kier molecular flexibility index (Phi) is 8.52. The summed E-state index contributed by atoms with van der Waals surface area (Å²) >= 11 is 0. The zero-order valence-electron chi connectivity index (χ0n) is 23.6. The summed E-state index contributed by atoms with van der Waals surface area (Å²) in [4.78, 5) is 12.6. The fraction of sp³-hybridized carbons (Fsp3) is 0.364. The van der Waals surface area contributed by atoms with Gasteiger partial charge in [-0.25, -0.2) is 0 Å². The molecule has 202 valence electrons. The number of fused-ring (bicyclic) bond motifs is 1. The molecule has 0 bridgehead atoms. The topological polar surface area (TPSA) is 79.6 Å². The number of hydrogen-bond acceptors (Lipinski definition) is 5. The summed E-state index contributed by atoms with van der Waals surface area (Å²) in [5.74, 6) is 1.82. The summed E-state index contributed by atoms with van der Waals surface area (Å²) in [5, 5.41) is 9.17. The number of nitrogens with one attached hydrogen (secondary N) is 2. The van der Waals surface area contributed by atoms with Gasteiger partial charge in [-0.2, -0.15) is 4.98 Å². The molecule has 6 heteroatoms. The molecule has 6 nitrogen and oxygen atoms in total. The highest BCUT2D eigenvalue weighted by atomic mass is 16.5. The molecule has 0 amide bonds. The van der Waals surface area contributed by atoms with E-state index in [4.69, 9.17) is 4.52 Å². The van der Waals surface area contributed by atoms with Crippen LogP contribution in [0, 0.1) is 19.8 Å². The predicted molar refractivity (Wildman–Crippen MR) is 159 cm³/mol. The first-order chi connectivity index (χ1) is 19.0. The number of benzene rings is 2. The first-order valence-corrected chi connectivity index (χ1v) is 14.1. The van der Waals surface area contributed by atoms with E-state index in [-0.39, 0.29) is 0 Å². The molecule has 0 atom stereocenters.